The molecule has 0 aliphatic carbocycles. The molecule has 0 radical (unpaired) electrons. The SMILES string of the molecule is CC(OC(=O)C1=CN2CCS(=O)(=O)N=C2C=C1)C(=O)Nc1cccc(S(N)(=O)=O)c1. The van der Waals surface area contributed by atoms with Gasteiger partial charge in [-0.3, -0.25) is 4.79 Å². The van der Waals surface area contributed by atoms with Gasteiger partial charge in [0.15, 0.2) is 6.10 Å². The monoisotopic (exact) mass is 454 g/mol. The zero-order valence-corrected chi connectivity index (χ0v) is 17.3. The third-order valence-electron chi connectivity index (χ3n) is 4.14. The fourth-order valence-electron chi connectivity index (χ4n) is 2.60. The summed E-state index contributed by atoms with van der Waals surface area (Å²) in [6.45, 7) is 1.49. The number of amidine groups is 1. The molecule has 0 saturated carbocycles. The summed E-state index contributed by atoms with van der Waals surface area (Å²) in [6, 6.07) is 5.32. The molecule has 2 aliphatic heterocycles. The molecular weight excluding hydrogens is 436 g/mol. The van der Waals surface area contributed by atoms with E-state index in [2.05, 4.69) is 9.71 Å². The van der Waals surface area contributed by atoms with Gasteiger partial charge >= 0.3 is 5.97 Å². The van der Waals surface area contributed by atoms with Crippen LogP contribution in [0.1, 0.15) is 6.92 Å². The van der Waals surface area contributed by atoms with E-state index in [0.29, 0.717) is 0 Å². The quantitative estimate of drug-likeness (QED) is 0.572. The average Bonchev–Trinajstić information content (AvgIpc) is 2.66. The van der Waals surface area contributed by atoms with Gasteiger partial charge in [0.05, 0.1) is 16.2 Å². The first kappa shape index (κ1) is 21.7. The average molecular weight is 454 g/mol. The number of fused-ring (bicyclic) bond motifs is 1. The third kappa shape index (κ3) is 5.11. The molecule has 3 N–H and O–H groups in total. The smallest absolute Gasteiger partial charge is 0.340 e. The molecule has 1 aromatic rings. The molecule has 0 fully saturated rings. The highest BCUT2D eigenvalue weighted by Gasteiger charge is 2.27. The van der Waals surface area contributed by atoms with E-state index in [1.807, 2.05) is 0 Å². The Bertz CT molecular complexity index is 1200. The van der Waals surface area contributed by atoms with Crippen molar-refractivity contribution in [3.05, 3.63) is 48.2 Å². The maximum Gasteiger partial charge on any atom is 0.340 e. The molecule has 2 heterocycles. The largest absolute Gasteiger partial charge is 0.449 e. The van der Waals surface area contributed by atoms with Gasteiger partial charge < -0.3 is 15.0 Å². The van der Waals surface area contributed by atoms with Crippen LogP contribution in [0.5, 0.6) is 0 Å². The molecule has 1 amide bonds. The van der Waals surface area contributed by atoms with E-state index in [1.54, 1.807) is 0 Å². The summed E-state index contributed by atoms with van der Waals surface area (Å²) in [6.07, 6.45) is 2.92. The van der Waals surface area contributed by atoms with E-state index in [1.165, 1.54) is 54.4 Å². The summed E-state index contributed by atoms with van der Waals surface area (Å²) in [4.78, 5) is 26.0. The van der Waals surface area contributed by atoms with Gasteiger partial charge in [-0.15, -0.1) is 4.40 Å². The Morgan fingerprint density at radius 3 is 2.73 bits per heavy atom. The maximum atomic E-state index is 12.4. The van der Waals surface area contributed by atoms with Crippen molar-refractivity contribution in [2.75, 3.05) is 17.6 Å². The van der Waals surface area contributed by atoms with Gasteiger partial charge in [-0.1, -0.05) is 6.07 Å². The number of carbonyl (C=O) groups is 2. The van der Waals surface area contributed by atoms with Gasteiger partial charge in [0.2, 0.25) is 10.0 Å². The Morgan fingerprint density at radius 1 is 1.30 bits per heavy atom. The molecule has 0 aromatic heterocycles. The number of hydrogen-bond acceptors (Lipinski definition) is 8. The predicted octanol–water partition coefficient (Wildman–Crippen LogP) is -0.298. The first-order chi connectivity index (χ1) is 13.9. The summed E-state index contributed by atoms with van der Waals surface area (Å²) in [7, 11) is -7.45. The molecule has 30 heavy (non-hydrogen) atoms. The van der Waals surface area contributed by atoms with E-state index < -0.39 is 38.0 Å². The molecule has 1 unspecified atom stereocenters. The number of carbonyl (C=O) groups excluding carboxylic acids is 2. The number of sulfonamides is 2. The highest BCUT2D eigenvalue weighted by Crippen LogP contribution is 2.18. The normalized spacial score (nSPS) is 18.5. The van der Waals surface area contributed by atoms with Crippen molar-refractivity contribution >= 4 is 43.4 Å². The summed E-state index contributed by atoms with van der Waals surface area (Å²) >= 11 is 0. The van der Waals surface area contributed by atoms with Crippen LogP contribution in [-0.4, -0.2) is 57.8 Å². The maximum absolute atomic E-state index is 12.4. The Morgan fingerprint density at radius 2 is 2.03 bits per heavy atom. The molecule has 0 saturated heterocycles. The molecule has 1 aromatic carbocycles. The van der Waals surface area contributed by atoms with Crippen molar-refractivity contribution in [3.63, 3.8) is 0 Å². The number of nitrogens with two attached hydrogens (primary N) is 1. The second kappa shape index (κ2) is 8.01. The van der Waals surface area contributed by atoms with Crippen molar-refractivity contribution < 1.29 is 31.2 Å². The van der Waals surface area contributed by atoms with Crippen LogP contribution in [0.25, 0.3) is 0 Å². The topological polar surface area (TPSA) is 165 Å². The Kier molecular flexibility index (Phi) is 5.78. The number of hydrogen-bond donors (Lipinski definition) is 2. The number of anilines is 1. The lowest BCUT2D eigenvalue weighted by Gasteiger charge is -2.27. The zero-order valence-electron chi connectivity index (χ0n) is 15.7. The second-order valence-electron chi connectivity index (χ2n) is 6.46. The van der Waals surface area contributed by atoms with Crippen LogP contribution < -0.4 is 10.5 Å². The first-order valence-corrected chi connectivity index (χ1v) is 11.7. The van der Waals surface area contributed by atoms with Gasteiger partial charge in [0.1, 0.15) is 5.84 Å². The molecule has 0 bridgehead atoms. The fourth-order valence-corrected chi connectivity index (χ4v) is 4.13. The van der Waals surface area contributed by atoms with E-state index in [-0.39, 0.29) is 34.3 Å². The summed E-state index contributed by atoms with van der Waals surface area (Å²) in [5.41, 5.74) is 0.283. The molecule has 13 heteroatoms. The summed E-state index contributed by atoms with van der Waals surface area (Å²) in [5, 5.41) is 7.50. The Hall–Kier alpha value is -3.03. The van der Waals surface area contributed by atoms with Crippen molar-refractivity contribution in [3.8, 4) is 0 Å². The van der Waals surface area contributed by atoms with Crippen molar-refractivity contribution in [1.29, 1.82) is 0 Å². The zero-order chi connectivity index (χ0) is 22.1. The number of nitrogens with zero attached hydrogens (tertiary/aromatic N) is 2. The molecule has 2 aliphatic rings. The Labute approximate surface area is 173 Å². The van der Waals surface area contributed by atoms with Gasteiger partial charge in [0.25, 0.3) is 15.9 Å². The van der Waals surface area contributed by atoms with E-state index in [0.717, 1.165) is 0 Å². The highest BCUT2D eigenvalue weighted by atomic mass is 32.2. The summed E-state index contributed by atoms with van der Waals surface area (Å²) in [5.74, 6) is -1.46. The highest BCUT2D eigenvalue weighted by molar-refractivity contribution is 7.90. The second-order valence-corrected chi connectivity index (χ2v) is 9.77. The van der Waals surface area contributed by atoms with Crippen LogP contribution in [0.2, 0.25) is 0 Å². The number of rotatable bonds is 5. The van der Waals surface area contributed by atoms with Crippen LogP contribution >= 0.6 is 0 Å². The van der Waals surface area contributed by atoms with Crippen LogP contribution in [0, 0.1) is 0 Å². The standard InChI is InChI=1S/C17H18N4O7S2/c1-11(16(22)19-13-3-2-4-14(9-13)30(18,26)27)28-17(23)12-5-6-15-20-29(24,25)8-7-21(15)10-12/h2-6,9-11H,7-8H2,1H3,(H,19,22)(H2,18,26,27). The molecule has 11 nitrogen and oxygen atoms in total. The Balaban J connectivity index is 1.64. The van der Waals surface area contributed by atoms with Gasteiger partial charge in [-0.05, 0) is 37.3 Å². The van der Waals surface area contributed by atoms with Crippen molar-refractivity contribution in [2.24, 2.45) is 9.54 Å². The molecule has 0 spiro atoms. The minimum Gasteiger partial charge on any atom is -0.449 e. The number of esters is 1. The van der Waals surface area contributed by atoms with Crippen LogP contribution in [0.15, 0.2) is 57.5 Å². The van der Waals surface area contributed by atoms with Crippen LogP contribution in [0.3, 0.4) is 0 Å². The number of benzene rings is 1. The molecule has 160 valence electrons. The van der Waals surface area contributed by atoms with E-state index in [4.69, 9.17) is 9.88 Å². The minimum absolute atomic E-state index is 0.115. The predicted molar refractivity (Wildman–Crippen MR) is 107 cm³/mol. The van der Waals surface area contributed by atoms with E-state index in [9.17, 15) is 26.4 Å². The van der Waals surface area contributed by atoms with Crippen molar-refractivity contribution in [1.82, 2.24) is 4.90 Å². The molecule has 1 atom stereocenters. The number of primary sulfonamides is 1. The van der Waals surface area contributed by atoms with Gasteiger partial charge in [-0.25, -0.2) is 26.8 Å². The van der Waals surface area contributed by atoms with E-state index >= 15 is 0 Å². The fraction of sp³-hybridized carbons (Fsp3) is 0.235. The summed E-state index contributed by atoms with van der Waals surface area (Å²) < 4.78 is 54.6. The molecule has 3 rings (SSSR count). The lowest BCUT2D eigenvalue weighted by Crippen LogP contribution is -2.37. The van der Waals surface area contributed by atoms with Gasteiger partial charge in [-0.2, -0.15) is 0 Å². The first-order valence-electron chi connectivity index (χ1n) is 8.58. The minimum atomic E-state index is -3.94. The van der Waals surface area contributed by atoms with Crippen LogP contribution in [0.4, 0.5) is 5.69 Å². The molecular formula is C17H18N4O7S2. The number of amides is 1. The number of nitrogens with one attached hydrogen (secondary N) is 1. The lowest BCUT2D eigenvalue weighted by atomic mass is 10.2. The third-order valence-corrected chi connectivity index (χ3v) is 6.22. The lowest BCUT2D eigenvalue weighted by molar-refractivity contribution is -0.149. The van der Waals surface area contributed by atoms with Gasteiger partial charge in [0, 0.05) is 18.4 Å². The number of ether oxygens (including phenoxy) is 1. The van der Waals surface area contributed by atoms with Crippen LogP contribution in [-0.2, 0) is 34.4 Å². The van der Waals surface area contributed by atoms with Crippen molar-refractivity contribution in [2.45, 2.75) is 17.9 Å².